The lowest BCUT2D eigenvalue weighted by Crippen LogP contribution is -2.37. The van der Waals surface area contributed by atoms with Gasteiger partial charge in [0, 0.05) is 26.3 Å². The van der Waals surface area contributed by atoms with Crippen LogP contribution in [0.3, 0.4) is 0 Å². The van der Waals surface area contributed by atoms with Gasteiger partial charge in [0.15, 0.2) is 0 Å². The minimum absolute atomic E-state index is 0.126. The lowest BCUT2D eigenvalue weighted by molar-refractivity contribution is 0.0855. The first-order chi connectivity index (χ1) is 8.24. The van der Waals surface area contributed by atoms with Crippen molar-refractivity contribution in [2.75, 3.05) is 25.2 Å². The first-order valence-corrected chi connectivity index (χ1v) is 5.73. The Labute approximate surface area is 100 Å². The third-order valence-electron chi connectivity index (χ3n) is 3.22. The second-order valence-electron chi connectivity index (χ2n) is 4.20. The van der Waals surface area contributed by atoms with Gasteiger partial charge in [-0.2, -0.15) is 5.26 Å². The summed E-state index contributed by atoms with van der Waals surface area (Å²) in [5.41, 5.74) is 0.792. The Morgan fingerprint density at radius 1 is 1.41 bits per heavy atom. The van der Waals surface area contributed by atoms with Gasteiger partial charge < -0.3 is 9.64 Å². The molecule has 0 unspecified atom stereocenters. The van der Waals surface area contributed by atoms with E-state index >= 15 is 0 Å². The lowest BCUT2D eigenvalue weighted by atomic mass is 10.1. The van der Waals surface area contributed by atoms with Crippen LogP contribution in [0.5, 0.6) is 0 Å². The molecule has 3 nitrogen and oxygen atoms in total. The van der Waals surface area contributed by atoms with E-state index in [4.69, 9.17) is 10.00 Å². The summed E-state index contributed by atoms with van der Waals surface area (Å²) in [6, 6.07) is 7.00. The molecular weight excluding hydrogens is 219 g/mol. The molecule has 1 aliphatic heterocycles. The molecule has 0 spiro atoms. The summed E-state index contributed by atoms with van der Waals surface area (Å²) >= 11 is 0. The van der Waals surface area contributed by atoms with E-state index in [1.165, 1.54) is 6.07 Å². The number of nitriles is 1. The van der Waals surface area contributed by atoms with Gasteiger partial charge in [0.2, 0.25) is 0 Å². The van der Waals surface area contributed by atoms with Crippen LogP contribution in [0.25, 0.3) is 0 Å². The van der Waals surface area contributed by atoms with Gasteiger partial charge in [-0.15, -0.1) is 0 Å². The van der Waals surface area contributed by atoms with Crippen molar-refractivity contribution in [1.82, 2.24) is 0 Å². The Bertz CT molecular complexity index is 436. The maximum Gasteiger partial charge on any atom is 0.143 e. The molecular formula is C13H15FN2O. The molecule has 0 aliphatic carbocycles. The van der Waals surface area contributed by atoms with Gasteiger partial charge in [0.25, 0.3) is 0 Å². The SMILES string of the molecule is CN(c1cccc(F)c1C#N)C1CCOCC1. The number of anilines is 1. The summed E-state index contributed by atoms with van der Waals surface area (Å²) in [6.45, 7) is 1.46. The Kier molecular flexibility index (Phi) is 3.60. The van der Waals surface area contributed by atoms with Crippen LogP contribution < -0.4 is 4.90 Å². The van der Waals surface area contributed by atoms with Gasteiger partial charge in [-0.1, -0.05) is 6.07 Å². The van der Waals surface area contributed by atoms with Crippen LogP contribution in [0.2, 0.25) is 0 Å². The normalized spacial score (nSPS) is 16.5. The van der Waals surface area contributed by atoms with E-state index in [-0.39, 0.29) is 5.56 Å². The zero-order valence-electron chi connectivity index (χ0n) is 9.82. The molecule has 0 aromatic heterocycles. The molecule has 17 heavy (non-hydrogen) atoms. The molecule has 1 heterocycles. The fraction of sp³-hybridized carbons (Fsp3) is 0.462. The second kappa shape index (κ2) is 5.15. The van der Waals surface area contributed by atoms with Crippen molar-refractivity contribution in [2.45, 2.75) is 18.9 Å². The molecule has 4 heteroatoms. The van der Waals surface area contributed by atoms with E-state index in [0.29, 0.717) is 11.7 Å². The number of nitrogens with zero attached hydrogens (tertiary/aromatic N) is 2. The van der Waals surface area contributed by atoms with Crippen molar-refractivity contribution in [3.63, 3.8) is 0 Å². The van der Waals surface area contributed by atoms with E-state index in [1.54, 1.807) is 12.1 Å². The van der Waals surface area contributed by atoms with Crippen molar-refractivity contribution >= 4 is 5.69 Å². The molecule has 90 valence electrons. The largest absolute Gasteiger partial charge is 0.381 e. The molecule has 1 aliphatic rings. The predicted octanol–water partition coefficient (Wildman–Crippen LogP) is 2.31. The number of hydrogen-bond acceptors (Lipinski definition) is 3. The van der Waals surface area contributed by atoms with Crippen molar-refractivity contribution < 1.29 is 9.13 Å². The third-order valence-corrected chi connectivity index (χ3v) is 3.22. The van der Waals surface area contributed by atoms with Gasteiger partial charge in [-0.3, -0.25) is 0 Å². The number of ether oxygens (including phenoxy) is 1. The van der Waals surface area contributed by atoms with E-state index in [9.17, 15) is 4.39 Å². The second-order valence-corrected chi connectivity index (χ2v) is 4.20. The molecule has 1 aromatic carbocycles. The molecule has 0 N–H and O–H groups in total. The fourth-order valence-electron chi connectivity index (χ4n) is 2.19. The smallest absolute Gasteiger partial charge is 0.143 e. The Balaban J connectivity index is 2.27. The first-order valence-electron chi connectivity index (χ1n) is 5.73. The summed E-state index contributed by atoms with van der Waals surface area (Å²) < 4.78 is 18.8. The van der Waals surface area contributed by atoms with E-state index in [1.807, 2.05) is 18.0 Å². The zero-order chi connectivity index (χ0) is 12.3. The minimum Gasteiger partial charge on any atom is -0.381 e. The van der Waals surface area contributed by atoms with Crippen molar-refractivity contribution in [3.05, 3.63) is 29.6 Å². The summed E-state index contributed by atoms with van der Waals surface area (Å²) in [4.78, 5) is 1.99. The van der Waals surface area contributed by atoms with Gasteiger partial charge in [0.05, 0.1) is 5.69 Å². The maximum atomic E-state index is 13.5. The van der Waals surface area contributed by atoms with Gasteiger partial charge in [-0.25, -0.2) is 4.39 Å². The minimum atomic E-state index is -0.455. The standard InChI is InChI=1S/C13H15FN2O/c1-16(10-5-7-17-8-6-10)13-4-2-3-12(14)11(13)9-15/h2-4,10H,5-8H2,1H3. The Morgan fingerprint density at radius 3 is 2.76 bits per heavy atom. The van der Waals surface area contributed by atoms with Crippen LogP contribution >= 0.6 is 0 Å². The van der Waals surface area contributed by atoms with Crippen molar-refractivity contribution in [2.24, 2.45) is 0 Å². The molecule has 0 atom stereocenters. The average molecular weight is 234 g/mol. The van der Waals surface area contributed by atoms with Gasteiger partial charge >= 0.3 is 0 Å². The number of halogens is 1. The van der Waals surface area contributed by atoms with Gasteiger partial charge in [-0.05, 0) is 25.0 Å². The molecule has 1 saturated heterocycles. The molecule has 0 radical (unpaired) electrons. The lowest BCUT2D eigenvalue weighted by Gasteiger charge is -2.33. The molecule has 1 fully saturated rings. The monoisotopic (exact) mass is 234 g/mol. The first kappa shape index (κ1) is 11.9. The zero-order valence-corrected chi connectivity index (χ0v) is 9.82. The van der Waals surface area contributed by atoms with Gasteiger partial charge in [0.1, 0.15) is 17.4 Å². The van der Waals surface area contributed by atoms with Crippen LogP contribution in [-0.2, 0) is 4.74 Å². The van der Waals surface area contributed by atoms with Crippen LogP contribution in [0, 0.1) is 17.1 Å². The predicted molar refractivity (Wildman–Crippen MR) is 63.4 cm³/mol. The van der Waals surface area contributed by atoms with Crippen molar-refractivity contribution in [1.29, 1.82) is 5.26 Å². The highest BCUT2D eigenvalue weighted by molar-refractivity contribution is 5.60. The summed E-state index contributed by atoms with van der Waals surface area (Å²) in [5.74, 6) is -0.455. The molecule has 0 amide bonds. The maximum absolute atomic E-state index is 13.5. The van der Waals surface area contributed by atoms with Crippen LogP contribution in [0.4, 0.5) is 10.1 Å². The molecule has 1 aromatic rings. The summed E-state index contributed by atoms with van der Waals surface area (Å²) in [7, 11) is 1.91. The average Bonchev–Trinajstić information content (AvgIpc) is 2.38. The summed E-state index contributed by atoms with van der Waals surface area (Å²) in [6.07, 6.45) is 1.83. The molecule has 0 bridgehead atoms. The number of rotatable bonds is 2. The van der Waals surface area contributed by atoms with Crippen LogP contribution in [-0.4, -0.2) is 26.3 Å². The summed E-state index contributed by atoms with van der Waals surface area (Å²) in [5, 5.41) is 9.01. The highest BCUT2D eigenvalue weighted by Gasteiger charge is 2.21. The van der Waals surface area contributed by atoms with Crippen LogP contribution in [0.15, 0.2) is 18.2 Å². The Hall–Kier alpha value is -1.60. The molecule has 2 rings (SSSR count). The topological polar surface area (TPSA) is 36.3 Å². The third kappa shape index (κ3) is 2.40. The number of hydrogen-bond donors (Lipinski definition) is 0. The highest BCUT2D eigenvalue weighted by Crippen LogP contribution is 2.26. The van der Waals surface area contributed by atoms with Crippen LogP contribution in [0.1, 0.15) is 18.4 Å². The molecule has 0 saturated carbocycles. The van der Waals surface area contributed by atoms with E-state index < -0.39 is 5.82 Å². The van der Waals surface area contributed by atoms with E-state index in [2.05, 4.69) is 0 Å². The van der Waals surface area contributed by atoms with E-state index in [0.717, 1.165) is 26.1 Å². The highest BCUT2D eigenvalue weighted by atomic mass is 19.1. The number of benzene rings is 1. The fourth-order valence-corrected chi connectivity index (χ4v) is 2.19. The van der Waals surface area contributed by atoms with Crippen molar-refractivity contribution in [3.8, 4) is 6.07 Å². The Morgan fingerprint density at radius 2 is 2.12 bits per heavy atom. The quantitative estimate of drug-likeness (QED) is 0.787.